The zero-order valence-corrected chi connectivity index (χ0v) is 14.7. The molecular formula is C17H27BrN2. The molecular weight excluding hydrogens is 312 g/mol. The standard InChI is InChI=1S/C17H27BrN2/c1-12-5-6-15(16(7-12)19-4)17(2,3)9-13-8-14(18)11-20-10-13/h8,10-12,15-16,19H,5-7,9H2,1-4H3. The lowest BCUT2D eigenvalue weighted by Crippen LogP contribution is -2.46. The smallest absolute Gasteiger partial charge is 0.0410 e. The number of hydrogen-bond donors (Lipinski definition) is 1. The highest BCUT2D eigenvalue weighted by atomic mass is 79.9. The van der Waals surface area contributed by atoms with Crippen LogP contribution in [0.5, 0.6) is 0 Å². The summed E-state index contributed by atoms with van der Waals surface area (Å²) >= 11 is 3.52. The normalized spacial score (nSPS) is 27.6. The molecule has 0 saturated heterocycles. The Labute approximate surface area is 131 Å². The van der Waals surface area contributed by atoms with Gasteiger partial charge < -0.3 is 5.32 Å². The lowest BCUT2D eigenvalue weighted by atomic mass is 9.64. The first-order valence-electron chi connectivity index (χ1n) is 7.69. The van der Waals surface area contributed by atoms with Crippen LogP contribution in [0.4, 0.5) is 0 Å². The SMILES string of the molecule is CNC1CC(C)CCC1C(C)(C)Cc1cncc(Br)c1. The van der Waals surface area contributed by atoms with Gasteiger partial charge in [0.25, 0.3) is 0 Å². The number of nitrogens with one attached hydrogen (secondary N) is 1. The average Bonchev–Trinajstić information content (AvgIpc) is 2.37. The number of pyridine rings is 1. The number of halogens is 1. The van der Waals surface area contributed by atoms with Crippen LogP contribution in [0.25, 0.3) is 0 Å². The quantitative estimate of drug-likeness (QED) is 0.877. The Morgan fingerprint density at radius 1 is 1.35 bits per heavy atom. The van der Waals surface area contributed by atoms with Crippen molar-refractivity contribution in [3.05, 3.63) is 28.5 Å². The monoisotopic (exact) mass is 338 g/mol. The van der Waals surface area contributed by atoms with Crippen LogP contribution in [0.1, 0.15) is 45.6 Å². The molecule has 1 aliphatic rings. The molecule has 1 aliphatic carbocycles. The van der Waals surface area contributed by atoms with Gasteiger partial charge in [-0.1, -0.05) is 27.2 Å². The van der Waals surface area contributed by atoms with Gasteiger partial charge in [0.2, 0.25) is 0 Å². The van der Waals surface area contributed by atoms with E-state index in [9.17, 15) is 0 Å². The Kier molecular flexibility index (Phi) is 5.25. The fourth-order valence-electron chi connectivity index (χ4n) is 3.84. The Morgan fingerprint density at radius 2 is 2.10 bits per heavy atom. The summed E-state index contributed by atoms with van der Waals surface area (Å²) in [5.41, 5.74) is 1.63. The summed E-state index contributed by atoms with van der Waals surface area (Å²) in [5, 5.41) is 3.56. The van der Waals surface area contributed by atoms with Gasteiger partial charge in [0.05, 0.1) is 0 Å². The summed E-state index contributed by atoms with van der Waals surface area (Å²) in [7, 11) is 2.12. The maximum atomic E-state index is 4.30. The minimum Gasteiger partial charge on any atom is -0.317 e. The molecule has 1 fully saturated rings. The van der Waals surface area contributed by atoms with E-state index < -0.39 is 0 Å². The Bertz CT molecular complexity index is 444. The molecule has 0 aliphatic heterocycles. The van der Waals surface area contributed by atoms with E-state index in [-0.39, 0.29) is 0 Å². The molecule has 3 atom stereocenters. The molecule has 0 bridgehead atoms. The third kappa shape index (κ3) is 3.82. The molecule has 1 aromatic rings. The Balaban J connectivity index is 2.12. The maximum absolute atomic E-state index is 4.30. The van der Waals surface area contributed by atoms with E-state index in [2.05, 4.69) is 60.1 Å². The second-order valence-corrected chi connectivity index (χ2v) is 8.01. The highest BCUT2D eigenvalue weighted by Crippen LogP contribution is 2.42. The van der Waals surface area contributed by atoms with Crippen LogP contribution in [0, 0.1) is 17.3 Å². The molecule has 1 saturated carbocycles. The summed E-state index contributed by atoms with van der Waals surface area (Å²) in [4.78, 5) is 4.30. The molecule has 2 rings (SSSR count). The van der Waals surface area contributed by atoms with E-state index in [1.165, 1.54) is 24.8 Å². The molecule has 3 unspecified atom stereocenters. The topological polar surface area (TPSA) is 24.9 Å². The van der Waals surface area contributed by atoms with E-state index in [1.807, 2.05) is 12.4 Å². The van der Waals surface area contributed by atoms with Gasteiger partial charge >= 0.3 is 0 Å². The van der Waals surface area contributed by atoms with Gasteiger partial charge in [0, 0.05) is 22.9 Å². The first-order valence-corrected chi connectivity index (χ1v) is 8.48. The van der Waals surface area contributed by atoms with E-state index in [1.54, 1.807) is 0 Å². The first-order chi connectivity index (χ1) is 9.42. The molecule has 1 aromatic heterocycles. The summed E-state index contributed by atoms with van der Waals surface area (Å²) in [6.45, 7) is 7.21. The average molecular weight is 339 g/mol. The fourth-order valence-corrected chi connectivity index (χ4v) is 4.26. The van der Waals surface area contributed by atoms with Crippen molar-refractivity contribution in [3.63, 3.8) is 0 Å². The summed E-state index contributed by atoms with van der Waals surface area (Å²) in [5.74, 6) is 1.59. The van der Waals surface area contributed by atoms with E-state index in [0.717, 1.165) is 22.7 Å². The molecule has 0 radical (unpaired) electrons. The molecule has 0 aromatic carbocycles. The third-order valence-electron chi connectivity index (χ3n) is 4.91. The van der Waals surface area contributed by atoms with Crippen LogP contribution >= 0.6 is 15.9 Å². The van der Waals surface area contributed by atoms with Crippen molar-refractivity contribution in [1.29, 1.82) is 0 Å². The zero-order chi connectivity index (χ0) is 14.8. The van der Waals surface area contributed by atoms with Crippen LogP contribution in [0.2, 0.25) is 0 Å². The lowest BCUT2D eigenvalue weighted by Gasteiger charge is -2.44. The second-order valence-electron chi connectivity index (χ2n) is 7.10. The van der Waals surface area contributed by atoms with Crippen LogP contribution in [-0.4, -0.2) is 18.1 Å². The van der Waals surface area contributed by atoms with Crippen molar-refractivity contribution >= 4 is 15.9 Å². The largest absolute Gasteiger partial charge is 0.317 e. The van der Waals surface area contributed by atoms with Gasteiger partial charge in [-0.05, 0) is 71.1 Å². The van der Waals surface area contributed by atoms with Gasteiger partial charge in [-0.25, -0.2) is 0 Å². The molecule has 0 spiro atoms. The number of nitrogens with zero attached hydrogens (tertiary/aromatic N) is 1. The van der Waals surface area contributed by atoms with Gasteiger partial charge in [-0.3, -0.25) is 4.98 Å². The molecule has 3 heteroatoms. The predicted octanol–water partition coefficient (Wildman–Crippen LogP) is 4.44. The predicted molar refractivity (Wildman–Crippen MR) is 88.8 cm³/mol. The van der Waals surface area contributed by atoms with Crippen molar-refractivity contribution in [2.24, 2.45) is 17.3 Å². The van der Waals surface area contributed by atoms with Gasteiger partial charge in [0.1, 0.15) is 0 Å². The third-order valence-corrected chi connectivity index (χ3v) is 5.34. The number of rotatable bonds is 4. The number of aromatic nitrogens is 1. The summed E-state index contributed by atoms with van der Waals surface area (Å²) in [6, 6.07) is 2.85. The van der Waals surface area contributed by atoms with Crippen molar-refractivity contribution < 1.29 is 0 Å². The molecule has 112 valence electrons. The molecule has 2 nitrogen and oxygen atoms in total. The first kappa shape index (κ1) is 16.0. The van der Waals surface area contributed by atoms with Gasteiger partial charge in [0.15, 0.2) is 0 Å². The van der Waals surface area contributed by atoms with Crippen molar-refractivity contribution in [2.45, 2.75) is 52.5 Å². The van der Waals surface area contributed by atoms with Crippen LogP contribution in [0.3, 0.4) is 0 Å². The second kappa shape index (κ2) is 6.57. The minimum absolute atomic E-state index is 0.302. The molecule has 20 heavy (non-hydrogen) atoms. The van der Waals surface area contributed by atoms with E-state index in [4.69, 9.17) is 0 Å². The van der Waals surface area contributed by atoms with Crippen LogP contribution in [0.15, 0.2) is 22.9 Å². The maximum Gasteiger partial charge on any atom is 0.0410 e. The molecule has 0 amide bonds. The van der Waals surface area contributed by atoms with Crippen LogP contribution < -0.4 is 5.32 Å². The zero-order valence-electron chi connectivity index (χ0n) is 13.1. The highest BCUT2D eigenvalue weighted by molar-refractivity contribution is 9.10. The van der Waals surface area contributed by atoms with Crippen molar-refractivity contribution in [3.8, 4) is 0 Å². The van der Waals surface area contributed by atoms with E-state index in [0.29, 0.717) is 11.5 Å². The van der Waals surface area contributed by atoms with E-state index >= 15 is 0 Å². The van der Waals surface area contributed by atoms with Gasteiger partial charge in [-0.2, -0.15) is 0 Å². The Hall–Kier alpha value is -0.410. The lowest BCUT2D eigenvalue weighted by molar-refractivity contribution is 0.0980. The van der Waals surface area contributed by atoms with Gasteiger partial charge in [-0.15, -0.1) is 0 Å². The number of hydrogen-bond acceptors (Lipinski definition) is 2. The summed E-state index contributed by atoms with van der Waals surface area (Å²) in [6.07, 6.45) is 8.96. The van der Waals surface area contributed by atoms with Crippen LogP contribution in [-0.2, 0) is 6.42 Å². The Morgan fingerprint density at radius 3 is 2.75 bits per heavy atom. The minimum atomic E-state index is 0.302. The highest BCUT2D eigenvalue weighted by Gasteiger charge is 2.38. The fraction of sp³-hybridized carbons (Fsp3) is 0.706. The molecule has 1 heterocycles. The van der Waals surface area contributed by atoms with Crippen molar-refractivity contribution in [1.82, 2.24) is 10.3 Å². The summed E-state index contributed by atoms with van der Waals surface area (Å²) < 4.78 is 1.08. The van der Waals surface area contributed by atoms with Crippen molar-refractivity contribution in [2.75, 3.05) is 7.05 Å². The molecule has 1 N–H and O–H groups in total.